The molecule has 0 aliphatic carbocycles. The summed E-state index contributed by atoms with van der Waals surface area (Å²) in [5.41, 5.74) is 1.55. The molecule has 37 heavy (non-hydrogen) atoms. The zero-order valence-electron chi connectivity index (χ0n) is 21.5. The zero-order chi connectivity index (χ0) is 26.8. The van der Waals surface area contributed by atoms with Crippen molar-refractivity contribution in [3.63, 3.8) is 0 Å². The molecule has 1 saturated heterocycles. The maximum atomic E-state index is 13.6. The van der Waals surface area contributed by atoms with E-state index in [0.717, 1.165) is 5.56 Å². The normalized spacial score (nSPS) is 14.6. The lowest BCUT2D eigenvalue weighted by Gasteiger charge is -2.39. The molecule has 0 aromatic heterocycles. The SMILES string of the molecule is CCCS(=O)(=O)N(CCOC)CC(=O)N(Cc1ccc(Cl)cc1)C1CCN(C(=O)c2ccccc2)CC1. The summed E-state index contributed by atoms with van der Waals surface area (Å²) in [6.45, 7) is 3.23. The summed E-state index contributed by atoms with van der Waals surface area (Å²) in [5.74, 6) is -0.314. The fraction of sp³-hybridized carbons (Fsp3) is 0.481. The minimum atomic E-state index is -3.60. The Hall–Kier alpha value is -2.46. The number of benzene rings is 2. The molecule has 2 aromatic carbocycles. The van der Waals surface area contributed by atoms with Crippen LogP contribution in [0.15, 0.2) is 54.6 Å². The van der Waals surface area contributed by atoms with E-state index in [-0.39, 0.29) is 43.3 Å². The van der Waals surface area contributed by atoms with Gasteiger partial charge in [0.05, 0.1) is 18.9 Å². The van der Waals surface area contributed by atoms with Crippen molar-refractivity contribution in [2.75, 3.05) is 45.6 Å². The smallest absolute Gasteiger partial charge is 0.253 e. The van der Waals surface area contributed by atoms with E-state index in [1.165, 1.54) is 11.4 Å². The number of amides is 2. The molecule has 2 aromatic rings. The highest BCUT2D eigenvalue weighted by molar-refractivity contribution is 7.89. The van der Waals surface area contributed by atoms with Crippen molar-refractivity contribution in [3.05, 3.63) is 70.7 Å². The average Bonchev–Trinajstić information content (AvgIpc) is 2.90. The summed E-state index contributed by atoms with van der Waals surface area (Å²) < 4.78 is 32.0. The van der Waals surface area contributed by atoms with Crippen LogP contribution in [0.4, 0.5) is 0 Å². The molecular weight excluding hydrogens is 514 g/mol. The fourth-order valence-electron chi connectivity index (χ4n) is 4.49. The van der Waals surface area contributed by atoms with Crippen LogP contribution in [0, 0.1) is 0 Å². The van der Waals surface area contributed by atoms with Gasteiger partial charge < -0.3 is 14.5 Å². The first-order chi connectivity index (χ1) is 17.7. The Morgan fingerprint density at radius 1 is 1.05 bits per heavy atom. The van der Waals surface area contributed by atoms with Gasteiger partial charge in [0, 0.05) is 49.9 Å². The summed E-state index contributed by atoms with van der Waals surface area (Å²) in [6, 6.07) is 16.3. The van der Waals surface area contributed by atoms with Gasteiger partial charge in [-0.15, -0.1) is 0 Å². The lowest BCUT2D eigenvalue weighted by molar-refractivity contribution is -0.135. The lowest BCUT2D eigenvalue weighted by atomic mass is 10.0. The van der Waals surface area contributed by atoms with Gasteiger partial charge in [0.15, 0.2) is 0 Å². The highest BCUT2D eigenvalue weighted by Crippen LogP contribution is 2.22. The topological polar surface area (TPSA) is 87.2 Å². The Balaban J connectivity index is 1.77. The van der Waals surface area contributed by atoms with E-state index in [9.17, 15) is 18.0 Å². The van der Waals surface area contributed by atoms with Crippen LogP contribution in [0.1, 0.15) is 42.1 Å². The predicted octanol–water partition coefficient (Wildman–Crippen LogP) is 3.66. The molecule has 0 spiro atoms. The van der Waals surface area contributed by atoms with Gasteiger partial charge in [0.25, 0.3) is 5.91 Å². The predicted molar refractivity (Wildman–Crippen MR) is 145 cm³/mol. The minimum absolute atomic E-state index is 0.0222. The molecule has 0 radical (unpaired) electrons. The quantitative estimate of drug-likeness (QED) is 0.403. The van der Waals surface area contributed by atoms with Crippen LogP contribution in [0.5, 0.6) is 0 Å². The third-order valence-electron chi connectivity index (χ3n) is 6.51. The number of likely N-dealkylation sites (tertiary alicyclic amines) is 1. The van der Waals surface area contributed by atoms with E-state index in [2.05, 4.69) is 0 Å². The van der Waals surface area contributed by atoms with Gasteiger partial charge in [-0.25, -0.2) is 8.42 Å². The van der Waals surface area contributed by atoms with Gasteiger partial charge in [0.2, 0.25) is 15.9 Å². The van der Waals surface area contributed by atoms with Crippen LogP contribution < -0.4 is 0 Å². The van der Waals surface area contributed by atoms with Crippen LogP contribution >= 0.6 is 11.6 Å². The number of carbonyl (C=O) groups excluding carboxylic acids is 2. The second-order valence-electron chi connectivity index (χ2n) is 9.18. The third-order valence-corrected chi connectivity index (χ3v) is 8.79. The molecule has 2 amide bonds. The van der Waals surface area contributed by atoms with E-state index in [0.29, 0.717) is 49.5 Å². The van der Waals surface area contributed by atoms with Gasteiger partial charge in [-0.3, -0.25) is 9.59 Å². The molecule has 8 nitrogen and oxygen atoms in total. The van der Waals surface area contributed by atoms with Gasteiger partial charge in [0.1, 0.15) is 0 Å². The molecule has 0 bridgehead atoms. The molecule has 0 N–H and O–H groups in total. The number of nitrogens with zero attached hydrogens (tertiary/aromatic N) is 3. The number of carbonyl (C=O) groups is 2. The molecular formula is C27H36ClN3O5S. The first kappa shape index (κ1) is 29.1. The molecule has 3 rings (SSSR count). The van der Waals surface area contributed by atoms with Crippen molar-refractivity contribution in [3.8, 4) is 0 Å². The Kier molecular flexibility index (Phi) is 10.9. The van der Waals surface area contributed by atoms with Crippen LogP contribution in [0.25, 0.3) is 0 Å². The molecule has 0 unspecified atom stereocenters. The molecule has 202 valence electrons. The number of methoxy groups -OCH3 is 1. The third kappa shape index (κ3) is 8.26. The highest BCUT2D eigenvalue weighted by atomic mass is 35.5. The molecule has 1 fully saturated rings. The molecule has 0 atom stereocenters. The lowest BCUT2D eigenvalue weighted by Crippen LogP contribution is -2.51. The van der Waals surface area contributed by atoms with Crippen molar-refractivity contribution >= 4 is 33.4 Å². The Bertz CT molecular complexity index is 1120. The summed E-state index contributed by atoms with van der Waals surface area (Å²) in [4.78, 5) is 30.1. The van der Waals surface area contributed by atoms with Crippen LogP contribution in [0.3, 0.4) is 0 Å². The first-order valence-corrected chi connectivity index (χ1v) is 14.6. The van der Waals surface area contributed by atoms with Crippen molar-refractivity contribution in [2.45, 2.75) is 38.8 Å². The Morgan fingerprint density at radius 3 is 2.30 bits per heavy atom. The number of hydrogen-bond donors (Lipinski definition) is 0. The fourth-order valence-corrected chi connectivity index (χ4v) is 6.05. The molecule has 0 saturated carbocycles. The van der Waals surface area contributed by atoms with E-state index < -0.39 is 10.0 Å². The first-order valence-electron chi connectivity index (χ1n) is 12.6. The van der Waals surface area contributed by atoms with Crippen LogP contribution in [-0.4, -0.2) is 86.0 Å². The van der Waals surface area contributed by atoms with E-state index in [1.807, 2.05) is 35.2 Å². The van der Waals surface area contributed by atoms with Crippen LogP contribution in [0.2, 0.25) is 5.02 Å². The number of rotatable bonds is 12. The number of ether oxygens (including phenoxy) is 1. The number of hydrogen-bond acceptors (Lipinski definition) is 5. The number of piperidine rings is 1. The van der Waals surface area contributed by atoms with Gasteiger partial charge >= 0.3 is 0 Å². The molecule has 1 aliphatic heterocycles. The van der Waals surface area contributed by atoms with Crippen LogP contribution in [-0.2, 0) is 26.1 Å². The minimum Gasteiger partial charge on any atom is -0.383 e. The summed E-state index contributed by atoms with van der Waals surface area (Å²) in [6.07, 6.45) is 1.68. The monoisotopic (exact) mass is 549 g/mol. The number of sulfonamides is 1. The summed E-state index contributed by atoms with van der Waals surface area (Å²) >= 11 is 6.05. The van der Waals surface area contributed by atoms with E-state index >= 15 is 0 Å². The number of halogens is 1. The summed E-state index contributed by atoms with van der Waals surface area (Å²) in [5, 5.41) is 0.603. The van der Waals surface area contributed by atoms with Crippen molar-refractivity contribution in [2.24, 2.45) is 0 Å². The van der Waals surface area contributed by atoms with Gasteiger partial charge in [-0.1, -0.05) is 48.9 Å². The average molecular weight is 550 g/mol. The van der Waals surface area contributed by atoms with Crippen molar-refractivity contribution in [1.29, 1.82) is 0 Å². The second-order valence-corrected chi connectivity index (χ2v) is 11.7. The molecule has 1 heterocycles. The Labute approximate surface area is 225 Å². The highest BCUT2D eigenvalue weighted by Gasteiger charge is 2.32. The molecule has 1 aliphatic rings. The maximum Gasteiger partial charge on any atom is 0.253 e. The largest absolute Gasteiger partial charge is 0.383 e. The second kappa shape index (κ2) is 13.9. The maximum absolute atomic E-state index is 13.6. The van der Waals surface area contributed by atoms with E-state index in [4.69, 9.17) is 16.3 Å². The van der Waals surface area contributed by atoms with Gasteiger partial charge in [-0.05, 0) is 49.1 Å². The standard InChI is InChI=1S/C27H36ClN3O5S/c1-3-19-37(34,35)30(17-18-36-2)21-26(32)31(20-22-9-11-24(28)12-10-22)25-13-15-29(16-14-25)27(33)23-7-5-4-6-8-23/h4-12,25H,3,13-21H2,1-2H3. The zero-order valence-corrected chi connectivity index (χ0v) is 23.1. The van der Waals surface area contributed by atoms with Crippen molar-refractivity contribution in [1.82, 2.24) is 14.1 Å². The van der Waals surface area contributed by atoms with Gasteiger partial charge in [-0.2, -0.15) is 4.31 Å². The van der Waals surface area contributed by atoms with E-state index in [1.54, 1.807) is 36.1 Å². The summed E-state index contributed by atoms with van der Waals surface area (Å²) in [7, 11) is -2.09. The Morgan fingerprint density at radius 2 is 1.70 bits per heavy atom. The molecule has 10 heteroatoms. The van der Waals surface area contributed by atoms with Crippen molar-refractivity contribution < 1.29 is 22.7 Å².